The predicted molar refractivity (Wildman–Crippen MR) is 171 cm³/mol. The van der Waals surface area contributed by atoms with Crippen molar-refractivity contribution in [3.63, 3.8) is 0 Å². The second kappa shape index (κ2) is 16.3. The third-order valence-electron chi connectivity index (χ3n) is 6.78. The monoisotopic (exact) mass is 696 g/mol. The maximum absolute atomic E-state index is 11.7. The molecule has 14 heteroatoms. The smallest absolute Gasteiger partial charge is 0.462 e. The molecule has 0 saturated carbocycles. The molecule has 1 aliphatic heterocycles. The summed E-state index contributed by atoms with van der Waals surface area (Å²) in [6, 6.07) is 9.78. The SMILES string of the molecule is CCOC(=O)c1cncc(-c2ccc(C=O)o2)c1.CCOC(=O)c1cncc(B2OC(C)(C)C(C)(C)O2)c1.O=Cc1ccc(Br)o1. The van der Waals surface area contributed by atoms with E-state index in [-0.39, 0.29) is 5.76 Å². The molecule has 0 N–H and O–H groups in total. The Morgan fingerprint density at radius 2 is 1.30 bits per heavy atom. The van der Waals surface area contributed by atoms with E-state index in [4.69, 9.17) is 27.6 Å². The van der Waals surface area contributed by atoms with Gasteiger partial charge in [-0.15, -0.1) is 0 Å². The van der Waals surface area contributed by atoms with Crippen LogP contribution in [0.1, 0.15) is 83.4 Å². The van der Waals surface area contributed by atoms with Crippen molar-refractivity contribution in [3.05, 3.63) is 88.5 Å². The van der Waals surface area contributed by atoms with Crippen LogP contribution in [0.5, 0.6) is 0 Å². The second-order valence-electron chi connectivity index (χ2n) is 10.6. The molecule has 46 heavy (non-hydrogen) atoms. The van der Waals surface area contributed by atoms with Crippen LogP contribution in [0.4, 0.5) is 0 Å². The Hall–Kier alpha value is -4.40. The summed E-state index contributed by atoms with van der Waals surface area (Å²) in [6.45, 7) is 12.1. The first kappa shape index (κ1) is 36.1. The molecule has 1 aliphatic rings. The molecule has 0 amide bonds. The summed E-state index contributed by atoms with van der Waals surface area (Å²) in [5.74, 6) is 0.228. The number of pyridine rings is 2. The summed E-state index contributed by atoms with van der Waals surface area (Å²) in [4.78, 5) is 51.7. The van der Waals surface area contributed by atoms with E-state index in [1.807, 2.05) is 27.7 Å². The van der Waals surface area contributed by atoms with Gasteiger partial charge in [0.25, 0.3) is 0 Å². The number of hydrogen-bond acceptors (Lipinski definition) is 12. The quantitative estimate of drug-likeness (QED) is 0.125. The number of hydrogen-bond donors (Lipinski definition) is 0. The Bertz CT molecular complexity index is 1630. The maximum Gasteiger partial charge on any atom is 0.496 e. The lowest BCUT2D eigenvalue weighted by molar-refractivity contribution is 0.00578. The molecule has 0 atom stereocenters. The number of furan rings is 2. The highest BCUT2D eigenvalue weighted by atomic mass is 79.9. The zero-order chi connectivity index (χ0) is 33.9. The molecule has 0 bridgehead atoms. The van der Waals surface area contributed by atoms with Crippen LogP contribution in [-0.4, -0.2) is 66.0 Å². The fraction of sp³-hybridized carbons (Fsp3) is 0.312. The fourth-order valence-electron chi connectivity index (χ4n) is 3.76. The Balaban J connectivity index is 0.000000204. The van der Waals surface area contributed by atoms with Crippen LogP contribution < -0.4 is 5.46 Å². The number of esters is 2. The van der Waals surface area contributed by atoms with Crippen LogP contribution in [0.3, 0.4) is 0 Å². The maximum atomic E-state index is 11.7. The number of rotatable bonds is 8. The van der Waals surface area contributed by atoms with Crippen molar-refractivity contribution in [1.29, 1.82) is 0 Å². The summed E-state index contributed by atoms with van der Waals surface area (Å²) in [5.41, 5.74) is 1.25. The Morgan fingerprint density at radius 1 is 0.783 bits per heavy atom. The Labute approximate surface area is 275 Å². The van der Waals surface area contributed by atoms with E-state index in [1.54, 1.807) is 62.6 Å². The van der Waals surface area contributed by atoms with Crippen molar-refractivity contribution in [2.24, 2.45) is 0 Å². The molecule has 0 spiro atoms. The van der Waals surface area contributed by atoms with E-state index < -0.39 is 30.3 Å². The van der Waals surface area contributed by atoms with Crippen LogP contribution in [0.2, 0.25) is 0 Å². The highest BCUT2D eigenvalue weighted by Gasteiger charge is 2.51. The minimum Gasteiger partial charge on any atom is -0.462 e. The Kier molecular flexibility index (Phi) is 12.7. The first-order valence-electron chi connectivity index (χ1n) is 14.2. The summed E-state index contributed by atoms with van der Waals surface area (Å²) >= 11 is 3.05. The van der Waals surface area contributed by atoms with E-state index in [0.717, 1.165) is 0 Å². The summed E-state index contributed by atoms with van der Waals surface area (Å²) in [6.07, 6.45) is 7.37. The van der Waals surface area contributed by atoms with Crippen molar-refractivity contribution in [2.75, 3.05) is 13.2 Å². The summed E-state index contributed by atoms with van der Waals surface area (Å²) < 4.78 is 32.3. The largest absolute Gasteiger partial charge is 0.496 e. The van der Waals surface area contributed by atoms with Gasteiger partial charge in [-0.25, -0.2) is 9.59 Å². The van der Waals surface area contributed by atoms with Gasteiger partial charge in [0.15, 0.2) is 28.8 Å². The molecule has 4 aromatic heterocycles. The average molecular weight is 697 g/mol. The number of halogens is 1. The van der Waals surface area contributed by atoms with Crippen LogP contribution in [-0.2, 0) is 18.8 Å². The zero-order valence-electron chi connectivity index (χ0n) is 26.3. The molecule has 12 nitrogen and oxygen atoms in total. The lowest BCUT2D eigenvalue weighted by atomic mass is 9.80. The summed E-state index contributed by atoms with van der Waals surface area (Å²) in [7, 11) is -0.526. The minimum atomic E-state index is -0.526. The van der Waals surface area contributed by atoms with E-state index in [0.29, 0.717) is 64.1 Å². The molecule has 1 saturated heterocycles. The van der Waals surface area contributed by atoms with E-state index in [1.165, 1.54) is 12.4 Å². The van der Waals surface area contributed by atoms with Gasteiger partial charge in [-0.05, 0) is 93.9 Å². The molecule has 0 aliphatic carbocycles. The topological polar surface area (TPSA) is 157 Å². The lowest BCUT2D eigenvalue weighted by Gasteiger charge is -2.32. The van der Waals surface area contributed by atoms with E-state index in [2.05, 4.69) is 25.9 Å². The van der Waals surface area contributed by atoms with Crippen molar-refractivity contribution >= 4 is 53.0 Å². The first-order chi connectivity index (χ1) is 21.8. The van der Waals surface area contributed by atoms with E-state index in [9.17, 15) is 19.2 Å². The number of ether oxygens (including phenoxy) is 2. The van der Waals surface area contributed by atoms with Gasteiger partial charge in [0, 0.05) is 35.8 Å². The number of aldehydes is 2. The molecular formula is C32H34BBrN2O10. The fourth-order valence-corrected chi connectivity index (χ4v) is 4.07. The van der Waals surface area contributed by atoms with Gasteiger partial charge >= 0.3 is 19.1 Å². The molecular weight excluding hydrogens is 663 g/mol. The van der Waals surface area contributed by atoms with Crippen LogP contribution in [0.15, 0.2) is 74.7 Å². The van der Waals surface area contributed by atoms with Crippen molar-refractivity contribution in [1.82, 2.24) is 9.97 Å². The molecule has 0 radical (unpaired) electrons. The van der Waals surface area contributed by atoms with Gasteiger partial charge in [0.1, 0.15) is 5.76 Å². The van der Waals surface area contributed by atoms with E-state index >= 15 is 0 Å². The average Bonchev–Trinajstić information content (AvgIpc) is 3.75. The molecule has 5 rings (SSSR count). The van der Waals surface area contributed by atoms with Crippen LogP contribution in [0, 0.1) is 0 Å². The lowest BCUT2D eigenvalue weighted by Crippen LogP contribution is -2.41. The second-order valence-corrected chi connectivity index (χ2v) is 11.4. The number of nitrogens with zero attached hydrogens (tertiary/aromatic N) is 2. The molecule has 0 unspecified atom stereocenters. The van der Waals surface area contributed by atoms with Gasteiger partial charge in [-0.3, -0.25) is 19.6 Å². The molecule has 242 valence electrons. The highest BCUT2D eigenvalue weighted by molar-refractivity contribution is 9.10. The van der Waals surface area contributed by atoms with Crippen molar-refractivity contribution < 1.29 is 46.8 Å². The van der Waals surface area contributed by atoms with Crippen LogP contribution in [0.25, 0.3) is 11.3 Å². The number of carbonyl (C=O) groups is 4. The van der Waals surface area contributed by atoms with Gasteiger partial charge < -0.3 is 27.6 Å². The molecule has 5 heterocycles. The van der Waals surface area contributed by atoms with Gasteiger partial charge in [-0.1, -0.05) is 0 Å². The number of carbonyl (C=O) groups excluding carboxylic acids is 4. The molecule has 0 aromatic carbocycles. The highest BCUT2D eigenvalue weighted by Crippen LogP contribution is 2.36. The van der Waals surface area contributed by atoms with Gasteiger partial charge in [0.05, 0.1) is 35.5 Å². The van der Waals surface area contributed by atoms with Crippen LogP contribution >= 0.6 is 15.9 Å². The van der Waals surface area contributed by atoms with Gasteiger partial charge in [0.2, 0.25) is 0 Å². The molecule has 1 fully saturated rings. The standard InChI is InChI=1S/C14H20BNO4.C13H11NO4.C5H3BrO2/c1-6-18-12(17)10-7-11(9-16-8-10)15-19-13(2,3)14(4,5)20-15;1-2-17-13(16)10-5-9(6-14-7-10)12-4-3-11(8-15)18-12;6-5-2-1-4(3-7)8-5/h7-9H,6H2,1-5H3;3-8H,2H2,1H3;1-3H. The zero-order valence-corrected chi connectivity index (χ0v) is 27.9. The first-order valence-corrected chi connectivity index (χ1v) is 15.0. The normalized spacial score (nSPS) is 14.2. The minimum absolute atomic E-state index is 0.228. The van der Waals surface area contributed by atoms with Gasteiger partial charge in [-0.2, -0.15) is 0 Å². The third kappa shape index (κ3) is 9.55. The van der Waals surface area contributed by atoms with Crippen molar-refractivity contribution in [3.8, 4) is 11.3 Å². The Morgan fingerprint density at radius 3 is 1.78 bits per heavy atom. The predicted octanol–water partition coefficient (Wildman–Crippen LogP) is 5.74. The summed E-state index contributed by atoms with van der Waals surface area (Å²) in [5, 5.41) is 0. The third-order valence-corrected chi connectivity index (χ3v) is 7.21. The number of aromatic nitrogens is 2. The molecule has 4 aromatic rings. The van der Waals surface area contributed by atoms with Crippen molar-refractivity contribution in [2.45, 2.75) is 52.7 Å².